The summed E-state index contributed by atoms with van der Waals surface area (Å²) in [7, 11) is 0. The van der Waals surface area contributed by atoms with Crippen molar-refractivity contribution in [1.29, 1.82) is 0 Å². The molecule has 6 heteroatoms. The van der Waals surface area contributed by atoms with Gasteiger partial charge in [0.1, 0.15) is 11.7 Å². The van der Waals surface area contributed by atoms with Gasteiger partial charge in [0.05, 0.1) is 12.2 Å². The summed E-state index contributed by atoms with van der Waals surface area (Å²) in [6.07, 6.45) is 2.10. The molecule has 2 aromatic rings. The van der Waals surface area contributed by atoms with Gasteiger partial charge in [-0.1, -0.05) is 6.07 Å². The highest BCUT2D eigenvalue weighted by Crippen LogP contribution is 2.25. The van der Waals surface area contributed by atoms with Crippen molar-refractivity contribution in [2.45, 2.75) is 13.0 Å². The molecule has 1 saturated heterocycles. The standard InChI is InChI=1S/C17H16FN3O2/c18-12-4-6-14(7-5-12)21-10-8-15(17(21)23)16(22)20-11-13-3-1-2-9-19-13/h1-7,9,15H,8,10-11H2,(H,20,22)/t15-/m0/s1. The molecule has 118 valence electrons. The number of carbonyl (C=O) groups excluding carboxylic acids is 2. The number of amides is 2. The summed E-state index contributed by atoms with van der Waals surface area (Å²) in [5, 5.41) is 2.74. The molecule has 0 unspecified atom stereocenters. The zero-order valence-electron chi connectivity index (χ0n) is 12.4. The summed E-state index contributed by atoms with van der Waals surface area (Å²) in [6, 6.07) is 11.1. The van der Waals surface area contributed by atoms with Crippen LogP contribution < -0.4 is 10.2 Å². The first-order valence-electron chi connectivity index (χ1n) is 7.40. The van der Waals surface area contributed by atoms with Gasteiger partial charge in [-0.25, -0.2) is 4.39 Å². The predicted molar refractivity (Wildman–Crippen MR) is 82.9 cm³/mol. The predicted octanol–water partition coefficient (Wildman–Crippen LogP) is 1.89. The van der Waals surface area contributed by atoms with Crippen molar-refractivity contribution in [1.82, 2.24) is 10.3 Å². The second kappa shape index (κ2) is 6.56. The lowest BCUT2D eigenvalue weighted by Crippen LogP contribution is -2.36. The third-order valence-corrected chi connectivity index (χ3v) is 3.83. The fourth-order valence-electron chi connectivity index (χ4n) is 2.60. The van der Waals surface area contributed by atoms with Gasteiger partial charge in [-0.2, -0.15) is 0 Å². The van der Waals surface area contributed by atoms with Crippen molar-refractivity contribution in [3.05, 3.63) is 60.2 Å². The first-order chi connectivity index (χ1) is 11.1. The average Bonchev–Trinajstić information content (AvgIpc) is 2.96. The molecule has 0 bridgehead atoms. The Labute approximate surface area is 133 Å². The molecular weight excluding hydrogens is 297 g/mol. The largest absolute Gasteiger partial charge is 0.350 e. The molecule has 0 aliphatic carbocycles. The van der Waals surface area contributed by atoms with Gasteiger partial charge in [0.25, 0.3) is 0 Å². The number of carbonyl (C=O) groups is 2. The van der Waals surface area contributed by atoms with E-state index in [-0.39, 0.29) is 17.6 Å². The monoisotopic (exact) mass is 313 g/mol. The Morgan fingerprint density at radius 1 is 1.26 bits per heavy atom. The van der Waals surface area contributed by atoms with Gasteiger partial charge in [0, 0.05) is 18.4 Å². The SMILES string of the molecule is O=C(NCc1ccccn1)[C@@H]1CCN(c2ccc(F)cc2)C1=O. The van der Waals surface area contributed by atoms with Crippen LogP contribution in [-0.2, 0) is 16.1 Å². The molecule has 1 atom stereocenters. The first kappa shape index (κ1) is 15.1. The van der Waals surface area contributed by atoms with Crippen molar-refractivity contribution in [2.24, 2.45) is 5.92 Å². The Bertz CT molecular complexity index is 704. The fourth-order valence-corrected chi connectivity index (χ4v) is 2.60. The lowest BCUT2D eigenvalue weighted by molar-refractivity contribution is -0.132. The third-order valence-electron chi connectivity index (χ3n) is 3.83. The molecule has 0 spiro atoms. The molecule has 2 amide bonds. The second-order valence-electron chi connectivity index (χ2n) is 5.35. The maximum Gasteiger partial charge on any atom is 0.239 e. The Balaban J connectivity index is 1.62. The molecule has 0 saturated carbocycles. The van der Waals surface area contributed by atoms with E-state index in [1.807, 2.05) is 12.1 Å². The van der Waals surface area contributed by atoms with Gasteiger partial charge >= 0.3 is 0 Å². The van der Waals surface area contributed by atoms with Crippen LogP contribution in [-0.4, -0.2) is 23.3 Å². The van der Waals surface area contributed by atoms with E-state index in [0.29, 0.717) is 25.2 Å². The number of rotatable bonds is 4. The molecule has 1 aliphatic rings. The minimum Gasteiger partial charge on any atom is -0.350 e. The Morgan fingerprint density at radius 3 is 2.74 bits per heavy atom. The van der Waals surface area contributed by atoms with Crippen molar-refractivity contribution >= 4 is 17.5 Å². The van der Waals surface area contributed by atoms with Gasteiger partial charge in [-0.3, -0.25) is 14.6 Å². The Morgan fingerprint density at radius 2 is 2.04 bits per heavy atom. The normalized spacial score (nSPS) is 17.3. The molecular formula is C17H16FN3O2. The van der Waals surface area contributed by atoms with Crippen molar-refractivity contribution in [3.63, 3.8) is 0 Å². The summed E-state index contributed by atoms with van der Waals surface area (Å²) in [4.78, 5) is 30.3. The van der Waals surface area contributed by atoms with Crippen LogP contribution >= 0.6 is 0 Å². The molecule has 1 fully saturated rings. The van der Waals surface area contributed by atoms with E-state index < -0.39 is 5.92 Å². The quantitative estimate of drug-likeness (QED) is 0.877. The van der Waals surface area contributed by atoms with Crippen LogP contribution in [0.2, 0.25) is 0 Å². The van der Waals surface area contributed by atoms with E-state index in [4.69, 9.17) is 0 Å². The molecule has 3 rings (SSSR count). The maximum atomic E-state index is 13.0. The molecule has 1 aromatic carbocycles. The highest BCUT2D eigenvalue weighted by Gasteiger charge is 2.37. The van der Waals surface area contributed by atoms with Crippen LogP contribution in [0, 0.1) is 11.7 Å². The van der Waals surface area contributed by atoms with E-state index >= 15 is 0 Å². The minimum absolute atomic E-state index is 0.255. The average molecular weight is 313 g/mol. The van der Waals surface area contributed by atoms with Gasteiger partial charge in [0.2, 0.25) is 11.8 Å². The number of hydrogen-bond acceptors (Lipinski definition) is 3. The number of nitrogens with zero attached hydrogens (tertiary/aromatic N) is 2. The van der Waals surface area contributed by atoms with E-state index in [9.17, 15) is 14.0 Å². The molecule has 1 aromatic heterocycles. The number of benzene rings is 1. The van der Waals surface area contributed by atoms with Gasteiger partial charge in [-0.05, 0) is 42.8 Å². The molecule has 1 N–H and O–H groups in total. The molecule has 0 radical (unpaired) electrons. The van der Waals surface area contributed by atoms with Gasteiger partial charge < -0.3 is 10.2 Å². The van der Waals surface area contributed by atoms with Crippen LogP contribution in [0.1, 0.15) is 12.1 Å². The fraction of sp³-hybridized carbons (Fsp3) is 0.235. The highest BCUT2D eigenvalue weighted by molar-refractivity contribution is 6.09. The van der Waals surface area contributed by atoms with Crippen molar-refractivity contribution in [3.8, 4) is 0 Å². The molecule has 5 nitrogen and oxygen atoms in total. The van der Waals surface area contributed by atoms with E-state index in [2.05, 4.69) is 10.3 Å². The van der Waals surface area contributed by atoms with E-state index in [0.717, 1.165) is 5.69 Å². The van der Waals surface area contributed by atoms with Crippen molar-refractivity contribution in [2.75, 3.05) is 11.4 Å². The Hall–Kier alpha value is -2.76. The number of anilines is 1. The lowest BCUT2D eigenvalue weighted by Gasteiger charge is -2.16. The summed E-state index contributed by atoms with van der Waals surface area (Å²) >= 11 is 0. The zero-order chi connectivity index (χ0) is 16.2. The summed E-state index contributed by atoms with van der Waals surface area (Å²) in [6.45, 7) is 0.742. The topological polar surface area (TPSA) is 62.3 Å². The molecule has 2 heterocycles. The summed E-state index contributed by atoms with van der Waals surface area (Å²) in [5.41, 5.74) is 1.35. The number of nitrogens with one attached hydrogen (secondary N) is 1. The second-order valence-corrected chi connectivity index (χ2v) is 5.35. The minimum atomic E-state index is -0.705. The summed E-state index contributed by atoms with van der Waals surface area (Å²) in [5.74, 6) is -1.62. The summed E-state index contributed by atoms with van der Waals surface area (Å²) < 4.78 is 13.0. The van der Waals surface area contributed by atoms with Crippen molar-refractivity contribution < 1.29 is 14.0 Å². The van der Waals surface area contributed by atoms with Crippen LogP contribution in [0.15, 0.2) is 48.7 Å². The van der Waals surface area contributed by atoms with Crippen LogP contribution in [0.4, 0.5) is 10.1 Å². The molecule has 23 heavy (non-hydrogen) atoms. The number of halogens is 1. The maximum absolute atomic E-state index is 13.0. The highest BCUT2D eigenvalue weighted by atomic mass is 19.1. The van der Waals surface area contributed by atoms with Crippen LogP contribution in [0.5, 0.6) is 0 Å². The smallest absolute Gasteiger partial charge is 0.239 e. The lowest BCUT2D eigenvalue weighted by atomic mass is 10.1. The Kier molecular flexibility index (Phi) is 4.32. The van der Waals surface area contributed by atoms with Gasteiger partial charge in [-0.15, -0.1) is 0 Å². The molecule has 1 aliphatic heterocycles. The van der Waals surface area contributed by atoms with Gasteiger partial charge in [0.15, 0.2) is 0 Å². The third kappa shape index (κ3) is 3.36. The van der Waals surface area contributed by atoms with Crippen LogP contribution in [0.25, 0.3) is 0 Å². The number of aromatic nitrogens is 1. The van der Waals surface area contributed by atoms with E-state index in [1.165, 1.54) is 17.0 Å². The van der Waals surface area contributed by atoms with E-state index in [1.54, 1.807) is 24.4 Å². The number of pyridine rings is 1. The van der Waals surface area contributed by atoms with Crippen LogP contribution in [0.3, 0.4) is 0 Å². The number of hydrogen-bond donors (Lipinski definition) is 1. The first-order valence-corrected chi connectivity index (χ1v) is 7.40. The zero-order valence-corrected chi connectivity index (χ0v) is 12.4.